The number of nitrogens with one attached hydrogen (secondary N) is 1. The minimum absolute atomic E-state index is 0.0700. The molecule has 5 heteroatoms. The zero-order valence-corrected chi connectivity index (χ0v) is 12.4. The van der Waals surface area contributed by atoms with E-state index in [0.29, 0.717) is 11.3 Å². The highest BCUT2D eigenvalue weighted by Crippen LogP contribution is 2.52. The summed E-state index contributed by atoms with van der Waals surface area (Å²) >= 11 is 0. The normalized spacial score (nSPS) is 29.3. The molecule has 0 spiro atoms. The van der Waals surface area contributed by atoms with Gasteiger partial charge in [0.25, 0.3) is 0 Å². The van der Waals surface area contributed by atoms with Crippen LogP contribution >= 0.6 is 0 Å². The Bertz CT molecular complexity index is 639. The van der Waals surface area contributed by atoms with E-state index in [0.717, 1.165) is 19.3 Å². The molecule has 1 aromatic rings. The number of hydrogen-bond donors (Lipinski definition) is 2. The van der Waals surface area contributed by atoms with Gasteiger partial charge in [0.15, 0.2) is 5.78 Å². The highest BCUT2D eigenvalue weighted by Gasteiger charge is 2.53. The van der Waals surface area contributed by atoms with Crippen LogP contribution in [0.3, 0.4) is 0 Å². The molecule has 2 aliphatic rings. The van der Waals surface area contributed by atoms with Gasteiger partial charge in [-0.15, -0.1) is 0 Å². The molecule has 0 saturated heterocycles. The monoisotopic (exact) mass is 301 g/mol. The summed E-state index contributed by atoms with van der Waals surface area (Å²) in [6.07, 6.45) is 2.67. The Morgan fingerprint density at radius 1 is 1.14 bits per heavy atom. The standard InChI is InChI=1S/C17H19NO4/c1-9(19)10-3-2-4-13(8-10)18-16(20)14-11-5-6-12(7-11)15(14)17(21)22/h2-4,8,11-12,14-15H,5-7H2,1H3,(H,18,20)(H,21,22)/t11-,12-,14-,15-/m0/s1. The second-order valence-electron chi connectivity index (χ2n) is 6.35. The molecule has 0 heterocycles. The van der Waals surface area contributed by atoms with E-state index in [-0.39, 0.29) is 23.5 Å². The topological polar surface area (TPSA) is 83.5 Å². The van der Waals surface area contributed by atoms with Gasteiger partial charge in [-0.05, 0) is 50.2 Å². The second-order valence-corrected chi connectivity index (χ2v) is 6.35. The molecule has 4 atom stereocenters. The summed E-state index contributed by atoms with van der Waals surface area (Å²) in [6, 6.07) is 6.74. The summed E-state index contributed by atoms with van der Waals surface area (Å²) in [7, 11) is 0. The zero-order valence-electron chi connectivity index (χ0n) is 12.4. The lowest BCUT2D eigenvalue weighted by Crippen LogP contribution is -2.37. The lowest BCUT2D eigenvalue weighted by Gasteiger charge is -2.27. The third-order valence-corrected chi connectivity index (χ3v) is 5.04. The van der Waals surface area contributed by atoms with E-state index in [1.165, 1.54) is 6.92 Å². The summed E-state index contributed by atoms with van der Waals surface area (Å²) < 4.78 is 0. The Morgan fingerprint density at radius 3 is 2.45 bits per heavy atom. The molecule has 1 amide bonds. The smallest absolute Gasteiger partial charge is 0.307 e. The van der Waals surface area contributed by atoms with Gasteiger partial charge in [0.05, 0.1) is 11.8 Å². The van der Waals surface area contributed by atoms with Crippen LogP contribution in [-0.4, -0.2) is 22.8 Å². The van der Waals surface area contributed by atoms with Gasteiger partial charge in [-0.3, -0.25) is 14.4 Å². The van der Waals surface area contributed by atoms with Gasteiger partial charge in [-0.25, -0.2) is 0 Å². The number of fused-ring (bicyclic) bond motifs is 2. The number of Topliss-reactive ketones (excluding diaryl/α,β-unsaturated/α-hetero) is 1. The number of hydrogen-bond acceptors (Lipinski definition) is 3. The van der Waals surface area contributed by atoms with Crippen molar-refractivity contribution in [1.82, 2.24) is 0 Å². The molecule has 2 bridgehead atoms. The Kier molecular flexibility index (Phi) is 3.72. The molecule has 0 aromatic heterocycles. The van der Waals surface area contributed by atoms with Crippen molar-refractivity contribution in [2.75, 3.05) is 5.32 Å². The summed E-state index contributed by atoms with van der Waals surface area (Å²) in [4.78, 5) is 35.4. The highest BCUT2D eigenvalue weighted by atomic mass is 16.4. The summed E-state index contributed by atoms with van der Waals surface area (Å²) in [5.41, 5.74) is 1.07. The van der Waals surface area contributed by atoms with E-state index in [1.807, 2.05) is 0 Å². The van der Waals surface area contributed by atoms with Crippen LogP contribution in [0.15, 0.2) is 24.3 Å². The fourth-order valence-electron chi connectivity index (χ4n) is 4.07. The van der Waals surface area contributed by atoms with Crippen LogP contribution in [0.4, 0.5) is 5.69 Å². The Hall–Kier alpha value is -2.17. The number of carboxylic acid groups (broad SMARTS) is 1. The number of anilines is 1. The van der Waals surface area contributed by atoms with Crippen LogP contribution in [0.2, 0.25) is 0 Å². The number of carbonyl (C=O) groups is 3. The average Bonchev–Trinajstić information content (AvgIpc) is 3.07. The number of aliphatic carboxylic acids is 1. The second kappa shape index (κ2) is 5.55. The molecule has 0 unspecified atom stereocenters. The largest absolute Gasteiger partial charge is 0.481 e. The van der Waals surface area contributed by atoms with Crippen molar-refractivity contribution < 1.29 is 19.5 Å². The first kappa shape index (κ1) is 14.8. The number of rotatable bonds is 4. The van der Waals surface area contributed by atoms with Gasteiger partial charge in [-0.1, -0.05) is 12.1 Å². The van der Waals surface area contributed by atoms with Crippen molar-refractivity contribution in [2.45, 2.75) is 26.2 Å². The third kappa shape index (κ3) is 2.51. The molecule has 2 fully saturated rings. The Morgan fingerprint density at radius 2 is 1.82 bits per heavy atom. The molecule has 2 aliphatic carbocycles. The van der Waals surface area contributed by atoms with Gasteiger partial charge >= 0.3 is 5.97 Å². The predicted octanol–water partition coefficient (Wildman–Crippen LogP) is 2.57. The first-order chi connectivity index (χ1) is 10.5. The molecule has 116 valence electrons. The Labute approximate surface area is 128 Å². The minimum atomic E-state index is -0.871. The molecule has 0 radical (unpaired) electrons. The van der Waals surface area contributed by atoms with Crippen molar-refractivity contribution in [3.05, 3.63) is 29.8 Å². The van der Waals surface area contributed by atoms with E-state index < -0.39 is 17.8 Å². The molecule has 0 aliphatic heterocycles. The fourth-order valence-corrected chi connectivity index (χ4v) is 4.07. The SMILES string of the molecule is CC(=O)c1cccc(NC(=O)[C@H]2[C@H]3CC[C@@H](C3)[C@@H]2C(=O)O)c1. The molecule has 5 nitrogen and oxygen atoms in total. The van der Waals surface area contributed by atoms with Crippen molar-refractivity contribution in [3.63, 3.8) is 0 Å². The van der Waals surface area contributed by atoms with E-state index >= 15 is 0 Å². The van der Waals surface area contributed by atoms with Crippen LogP contribution in [0.5, 0.6) is 0 Å². The van der Waals surface area contributed by atoms with Crippen molar-refractivity contribution >= 4 is 23.3 Å². The van der Waals surface area contributed by atoms with Crippen LogP contribution in [0, 0.1) is 23.7 Å². The number of amides is 1. The van der Waals surface area contributed by atoms with Crippen LogP contribution in [0.1, 0.15) is 36.5 Å². The zero-order chi connectivity index (χ0) is 15.9. The number of ketones is 1. The fraction of sp³-hybridized carbons (Fsp3) is 0.471. The van der Waals surface area contributed by atoms with E-state index in [4.69, 9.17) is 0 Å². The van der Waals surface area contributed by atoms with E-state index in [1.54, 1.807) is 24.3 Å². The molecule has 3 rings (SSSR count). The number of carboxylic acids is 1. The first-order valence-corrected chi connectivity index (χ1v) is 7.62. The van der Waals surface area contributed by atoms with E-state index in [2.05, 4.69) is 5.32 Å². The lowest BCUT2D eigenvalue weighted by atomic mass is 9.78. The summed E-state index contributed by atoms with van der Waals surface area (Å²) in [5, 5.41) is 12.2. The van der Waals surface area contributed by atoms with Crippen molar-refractivity contribution in [2.24, 2.45) is 23.7 Å². The minimum Gasteiger partial charge on any atom is -0.481 e. The maximum atomic E-state index is 12.5. The maximum absolute atomic E-state index is 12.5. The summed E-state index contributed by atoms with van der Waals surface area (Å²) in [5.74, 6) is -1.92. The van der Waals surface area contributed by atoms with Crippen molar-refractivity contribution in [3.8, 4) is 0 Å². The van der Waals surface area contributed by atoms with Crippen LogP contribution < -0.4 is 5.32 Å². The van der Waals surface area contributed by atoms with E-state index in [9.17, 15) is 19.5 Å². The maximum Gasteiger partial charge on any atom is 0.307 e. The molecule has 2 saturated carbocycles. The van der Waals surface area contributed by atoms with Crippen molar-refractivity contribution in [1.29, 1.82) is 0 Å². The lowest BCUT2D eigenvalue weighted by molar-refractivity contribution is -0.148. The molecule has 22 heavy (non-hydrogen) atoms. The van der Waals surface area contributed by atoms with Gasteiger partial charge in [0.1, 0.15) is 0 Å². The van der Waals surface area contributed by atoms with Gasteiger partial charge in [0.2, 0.25) is 5.91 Å². The van der Waals surface area contributed by atoms with Gasteiger partial charge in [-0.2, -0.15) is 0 Å². The summed E-state index contributed by atoms with van der Waals surface area (Å²) in [6.45, 7) is 1.47. The number of carbonyl (C=O) groups excluding carboxylic acids is 2. The van der Waals surface area contributed by atoms with Gasteiger partial charge < -0.3 is 10.4 Å². The Balaban J connectivity index is 1.78. The average molecular weight is 301 g/mol. The van der Waals surface area contributed by atoms with Crippen LogP contribution in [-0.2, 0) is 9.59 Å². The van der Waals surface area contributed by atoms with Gasteiger partial charge in [0, 0.05) is 11.3 Å². The van der Waals surface area contributed by atoms with Crippen LogP contribution in [0.25, 0.3) is 0 Å². The number of benzene rings is 1. The molecular weight excluding hydrogens is 282 g/mol. The first-order valence-electron chi connectivity index (χ1n) is 7.62. The predicted molar refractivity (Wildman–Crippen MR) is 80.5 cm³/mol. The molecule has 2 N–H and O–H groups in total. The third-order valence-electron chi connectivity index (χ3n) is 5.04. The molecular formula is C17H19NO4. The highest BCUT2D eigenvalue weighted by molar-refractivity contribution is 5.98. The molecule has 1 aromatic carbocycles. The quantitative estimate of drug-likeness (QED) is 0.837.